The van der Waals surface area contributed by atoms with Gasteiger partial charge in [-0.1, -0.05) is 26.0 Å². The van der Waals surface area contributed by atoms with E-state index >= 15 is 0 Å². The number of carbonyl (C=O) groups is 1. The second kappa shape index (κ2) is 7.31. The molecule has 0 bridgehead atoms. The van der Waals surface area contributed by atoms with Crippen LogP contribution in [0.5, 0.6) is 0 Å². The van der Waals surface area contributed by atoms with Gasteiger partial charge in [-0.2, -0.15) is 0 Å². The first-order valence-electron chi connectivity index (χ1n) is 7.75. The number of nitrogens with zero attached hydrogens (tertiary/aromatic N) is 1. The van der Waals surface area contributed by atoms with E-state index in [1.807, 2.05) is 55.6 Å². The van der Waals surface area contributed by atoms with Gasteiger partial charge in [-0.05, 0) is 24.3 Å². The van der Waals surface area contributed by atoms with Crippen LogP contribution in [0.2, 0.25) is 0 Å². The van der Waals surface area contributed by atoms with Crippen LogP contribution in [-0.4, -0.2) is 10.9 Å². The first kappa shape index (κ1) is 16.3. The normalized spacial score (nSPS) is 10.8. The third-order valence-corrected chi connectivity index (χ3v) is 4.27. The number of hydrogen-bond donors (Lipinski definition) is 2. The van der Waals surface area contributed by atoms with E-state index < -0.39 is 0 Å². The van der Waals surface area contributed by atoms with E-state index in [0.717, 1.165) is 27.8 Å². The van der Waals surface area contributed by atoms with Crippen molar-refractivity contribution < 1.29 is 9.21 Å². The van der Waals surface area contributed by atoms with Gasteiger partial charge >= 0.3 is 0 Å². The molecule has 0 saturated heterocycles. The van der Waals surface area contributed by atoms with Crippen LogP contribution in [-0.2, 0) is 11.3 Å². The van der Waals surface area contributed by atoms with Crippen molar-refractivity contribution >= 4 is 28.1 Å². The average Bonchev–Trinajstić information content (AvgIpc) is 3.25. The van der Waals surface area contributed by atoms with Gasteiger partial charge in [-0.15, -0.1) is 11.3 Å². The Balaban J connectivity index is 1.63. The molecule has 0 aliphatic heterocycles. The van der Waals surface area contributed by atoms with Gasteiger partial charge in [-0.25, -0.2) is 4.98 Å². The molecule has 0 radical (unpaired) electrons. The van der Waals surface area contributed by atoms with Crippen LogP contribution >= 0.6 is 11.3 Å². The molecule has 0 fully saturated rings. The lowest BCUT2D eigenvalue weighted by Gasteiger charge is -2.07. The van der Waals surface area contributed by atoms with E-state index in [9.17, 15) is 4.79 Å². The summed E-state index contributed by atoms with van der Waals surface area (Å²) in [5.41, 5.74) is 2.72. The molecule has 0 unspecified atom stereocenters. The minimum absolute atomic E-state index is 0.0146. The number of benzene rings is 1. The number of carbonyl (C=O) groups excluding carboxylic acids is 1. The quantitative estimate of drug-likeness (QED) is 0.687. The van der Waals surface area contributed by atoms with Crippen molar-refractivity contribution in [2.45, 2.75) is 20.4 Å². The smallest absolute Gasteiger partial charge is 0.226 e. The van der Waals surface area contributed by atoms with Crippen molar-refractivity contribution in [3.63, 3.8) is 0 Å². The molecular formula is C18H19N3O2S. The molecule has 5 nitrogen and oxygen atoms in total. The summed E-state index contributed by atoms with van der Waals surface area (Å²) >= 11 is 1.55. The zero-order valence-electron chi connectivity index (χ0n) is 13.6. The van der Waals surface area contributed by atoms with Crippen molar-refractivity contribution in [2.75, 3.05) is 10.6 Å². The van der Waals surface area contributed by atoms with E-state index in [1.165, 1.54) is 0 Å². The maximum Gasteiger partial charge on any atom is 0.226 e. The molecule has 0 aliphatic rings. The molecular weight excluding hydrogens is 322 g/mol. The first-order chi connectivity index (χ1) is 11.6. The Morgan fingerprint density at radius 3 is 2.71 bits per heavy atom. The molecule has 2 N–H and O–H groups in total. The molecule has 124 valence electrons. The molecule has 0 saturated carbocycles. The summed E-state index contributed by atoms with van der Waals surface area (Å²) in [6, 6.07) is 11.5. The minimum Gasteiger partial charge on any atom is -0.467 e. The summed E-state index contributed by atoms with van der Waals surface area (Å²) in [4.78, 5) is 16.3. The monoisotopic (exact) mass is 341 g/mol. The SMILES string of the molecule is CC(C)C(=O)Nc1ccc(-c2csc(NCc3ccco3)n2)cc1. The number of thiazole rings is 1. The fourth-order valence-corrected chi connectivity index (χ4v) is 2.79. The van der Waals surface area contributed by atoms with Crippen LogP contribution in [0.1, 0.15) is 19.6 Å². The Morgan fingerprint density at radius 1 is 1.25 bits per heavy atom. The zero-order chi connectivity index (χ0) is 16.9. The van der Waals surface area contributed by atoms with Gasteiger partial charge in [0.1, 0.15) is 5.76 Å². The standard InChI is InChI=1S/C18H19N3O2S/c1-12(2)17(22)20-14-7-5-13(6-8-14)16-11-24-18(21-16)19-10-15-4-3-9-23-15/h3-9,11-12H,10H2,1-2H3,(H,19,21)(H,20,22). The highest BCUT2D eigenvalue weighted by Gasteiger charge is 2.08. The van der Waals surface area contributed by atoms with Gasteiger partial charge in [0, 0.05) is 22.5 Å². The van der Waals surface area contributed by atoms with Gasteiger partial charge in [0.15, 0.2) is 5.13 Å². The van der Waals surface area contributed by atoms with Crippen LogP contribution < -0.4 is 10.6 Å². The molecule has 2 aromatic heterocycles. The van der Waals surface area contributed by atoms with E-state index in [1.54, 1.807) is 17.6 Å². The summed E-state index contributed by atoms with van der Waals surface area (Å²) in [5, 5.41) is 8.98. The fraction of sp³-hybridized carbons (Fsp3) is 0.222. The molecule has 6 heteroatoms. The van der Waals surface area contributed by atoms with Crippen LogP contribution in [0.15, 0.2) is 52.5 Å². The van der Waals surface area contributed by atoms with Crippen LogP contribution in [0.25, 0.3) is 11.3 Å². The molecule has 1 aromatic carbocycles. The summed E-state index contributed by atoms with van der Waals surface area (Å²) in [5.74, 6) is 0.851. The topological polar surface area (TPSA) is 67.2 Å². The van der Waals surface area contributed by atoms with Crippen molar-refractivity contribution in [1.29, 1.82) is 0 Å². The zero-order valence-corrected chi connectivity index (χ0v) is 14.4. The lowest BCUT2D eigenvalue weighted by molar-refractivity contribution is -0.118. The summed E-state index contributed by atoms with van der Waals surface area (Å²) in [6.07, 6.45) is 1.66. The second-order valence-corrected chi connectivity index (χ2v) is 6.55. The largest absolute Gasteiger partial charge is 0.467 e. The van der Waals surface area contributed by atoms with Crippen LogP contribution in [0, 0.1) is 5.92 Å². The minimum atomic E-state index is -0.0361. The molecule has 0 spiro atoms. The van der Waals surface area contributed by atoms with E-state index in [4.69, 9.17) is 4.42 Å². The van der Waals surface area contributed by atoms with Crippen molar-refractivity contribution in [2.24, 2.45) is 5.92 Å². The number of nitrogens with one attached hydrogen (secondary N) is 2. The molecule has 0 atom stereocenters. The molecule has 0 aliphatic carbocycles. The predicted octanol–water partition coefficient (Wildman–Crippen LogP) is 4.61. The first-order valence-corrected chi connectivity index (χ1v) is 8.63. The third-order valence-electron chi connectivity index (χ3n) is 3.47. The van der Waals surface area contributed by atoms with Crippen molar-refractivity contribution in [3.8, 4) is 11.3 Å². The second-order valence-electron chi connectivity index (χ2n) is 5.69. The number of amides is 1. The van der Waals surface area contributed by atoms with Gasteiger partial charge in [0.05, 0.1) is 18.5 Å². The number of rotatable bonds is 6. The fourth-order valence-electron chi connectivity index (χ4n) is 2.07. The van der Waals surface area contributed by atoms with E-state index in [-0.39, 0.29) is 11.8 Å². The Morgan fingerprint density at radius 2 is 2.04 bits per heavy atom. The highest BCUT2D eigenvalue weighted by atomic mass is 32.1. The number of furan rings is 1. The van der Waals surface area contributed by atoms with E-state index in [2.05, 4.69) is 15.6 Å². The Hall–Kier alpha value is -2.60. The third kappa shape index (κ3) is 4.02. The number of anilines is 2. The number of aromatic nitrogens is 1. The van der Waals surface area contributed by atoms with Gasteiger partial charge in [0.2, 0.25) is 5.91 Å². The average molecular weight is 341 g/mol. The Bertz CT molecular complexity index is 792. The predicted molar refractivity (Wildman–Crippen MR) is 97.1 cm³/mol. The lowest BCUT2D eigenvalue weighted by atomic mass is 10.1. The van der Waals surface area contributed by atoms with Crippen molar-refractivity contribution in [1.82, 2.24) is 4.98 Å². The van der Waals surface area contributed by atoms with Crippen LogP contribution in [0.3, 0.4) is 0 Å². The summed E-state index contributed by atoms with van der Waals surface area (Å²) < 4.78 is 5.29. The maximum atomic E-state index is 11.7. The molecule has 3 rings (SSSR count). The van der Waals surface area contributed by atoms with Crippen molar-refractivity contribution in [3.05, 3.63) is 53.8 Å². The van der Waals surface area contributed by atoms with Gasteiger partial charge in [-0.3, -0.25) is 4.79 Å². The highest BCUT2D eigenvalue weighted by molar-refractivity contribution is 7.14. The Kier molecular flexibility index (Phi) is 4.96. The molecule has 3 aromatic rings. The Labute approximate surface area is 144 Å². The molecule has 24 heavy (non-hydrogen) atoms. The van der Waals surface area contributed by atoms with Gasteiger partial charge < -0.3 is 15.1 Å². The molecule has 2 heterocycles. The highest BCUT2D eigenvalue weighted by Crippen LogP contribution is 2.26. The molecule has 1 amide bonds. The summed E-state index contributed by atoms with van der Waals surface area (Å²) in [7, 11) is 0. The summed E-state index contributed by atoms with van der Waals surface area (Å²) in [6.45, 7) is 4.35. The van der Waals surface area contributed by atoms with Crippen LogP contribution in [0.4, 0.5) is 10.8 Å². The number of hydrogen-bond acceptors (Lipinski definition) is 5. The maximum absolute atomic E-state index is 11.7. The lowest BCUT2D eigenvalue weighted by Crippen LogP contribution is -2.17. The van der Waals surface area contributed by atoms with E-state index in [0.29, 0.717) is 6.54 Å². The van der Waals surface area contributed by atoms with Gasteiger partial charge in [0.25, 0.3) is 0 Å².